The lowest BCUT2D eigenvalue weighted by Crippen LogP contribution is -2.32. The molecule has 1 heteroatoms. The Kier molecular flexibility index (Phi) is 5.82. The molecule has 1 unspecified atom stereocenters. The first-order valence-corrected chi connectivity index (χ1v) is 7.64. The summed E-state index contributed by atoms with van der Waals surface area (Å²) in [5.41, 5.74) is 2.79. The van der Waals surface area contributed by atoms with Crippen LogP contribution in [-0.4, -0.2) is 13.1 Å². The van der Waals surface area contributed by atoms with E-state index in [0.29, 0.717) is 12.0 Å². The van der Waals surface area contributed by atoms with Gasteiger partial charge in [-0.15, -0.1) is 0 Å². The van der Waals surface area contributed by atoms with Crippen LogP contribution in [0.4, 0.5) is 0 Å². The molecule has 106 valence electrons. The molecular formula is C19H25N. The van der Waals surface area contributed by atoms with Crippen molar-refractivity contribution in [3.8, 4) is 0 Å². The molecule has 1 nitrogen and oxygen atoms in total. The third-order valence-corrected chi connectivity index (χ3v) is 3.96. The lowest BCUT2D eigenvalue weighted by atomic mass is 9.83. The predicted molar refractivity (Wildman–Crippen MR) is 87.1 cm³/mol. The number of rotatable bonds is 7. The standard InChI is InChI=1S/C19H25N/c1-3-4-15-18(20-2)19(16-11-7-5-8-12-16)17-13-9-6-10-14-17/h5-14,18-20H,3-4,15H2,1-2H3. The van der Waals surface area contributed by atoms with Gasteiger partial charge in [0.1, 0.15) is 0 Å². The van der Waals surface area contributed by atoms with Crippen molar-refractivity contribution in [2.24, 2.45) is 0 Å². The summed E-state index contributed by atoms with van der Waals surface area (Å²) in [6, 6.07) is 22.2. The number of hydrogen-bond donors (Lipinski definition) is 1. The van der Waals surface area contributed by atoms with E-state index in [4.69, 9.17) is 0 Å². The van der Waals surface area contributed by atoms with Crippen LogP contribution < -0.4 is 5.32 Å². The van der Waals surface area contributed by atoms with Gasteiger partial charge in [-0.1, -0.05) is 80.4 Å². The molecule has 0 saturated carbocycles. The predicted octanol–water partition coefficient (Wildman–Crippen LogP) is 4.60. The van der Waals surface area contributed by atoms with Crippen LogP contribution >= 0.6 is 0 Å². The van der Waals surface area contributed by atoms with E-state index in [2.05, 4.69) is 80.0 Å². The fourth-order valence-electron chi connectivity index (χ4n) is 2.88. The molecule has 2 aromatic rings. The van der Waals surface area contributed by atoms with Crippen LogP contribution in [0.5, 0.6) is 0 Å². The average Bonchev–Trinajstić information content (AvgIpc) is 2.53. The van der Waals surface area contributed by atoms with Gasteiger partial charge in [0.05, 0.1) is 0 Å². The van der Waals surface area contributed by atoms with Gasteiger partial charge in [-0.25, -0.2) is 0 Å². The highest BCUT2D eigenvalue weighted by molar-refractivity contribution is 5.34. The van der Waals surface area contributed by atoms with Crippen molar-refractivity contribution in [1.82, 2.24) is 5.32 Å². The van der Waals surface area contributed by atoms with E-state index in [-0.39, 0.29) is 0 Å². The van der Waals surface area contributed by atoms with Crippen LogP contribution in [0.3, 0.4) is 0 Å². The van der Waals surface area contributed by atoms with Crippen LogP contribution in [0.15, 0.2) is 60.7 Å². The smallest absolute Gasteiger partial charge is 0.0243 e. The summed E-state index contributed by atoms with van der Waals surface area (Å²) in [5, 5.41) is 3.53. The lowest BCUT2D eigenvalue weighted by molar-refractivity contribution is 0.457. The maximum absolute atomic E-state index is 3.53. The molecular weight excluding hydrogens is 242 g/mol. The molecule has 0 aliphatic rings. The van der Waals surface area contributed by atoms with Crippen LogP contribution in [0.2, 0.25) is 0 Å². The lowest BCUT2D eigenvalue weighted by Gasteiger charge is -2.28. The van der Waals surface area contributed by atoms with Crippen molar-refractivity contribution in [3.63, 3.8) is 0 Å². The summed E-state index contributed by atoms with van der Waals surface area (Å²) in [6.45, 7) is 2.26. The van der Waals surface area contributed by atoms with Gasteiger partial charge in [-0.2, -0.15) is 0 Å². The summed E-state index contributed by atoms with van der Waals surface area (Å²) in [6.07, 6.45) is 3.72. The van der Waals surface area contributed by atoms with E-state index >= 15 is 0 Å². The van der Waals surface area contributed by atoms with E-state index < -0.39 is 0 Å². The molecule has 20 heavy (non-hydrogen) atoms. The fraction of sp³-hybridized carbons (Fsp3) is 0.368. The minimum atomic E-state index is 0.425. The Morgan fingerprint density at radius 2 is 1.35 bits per heavy atom. The molecule has 2 rings (SSSR count). The second kappa shape index (κ2) is 7.86. The van der Waals surface area contributed by atoms with Gasteiger partial charge >= 0.3 is 0 Å². The van der Waals surface area contributed by atoms with Crippen molar-refractivity contribution >= 4 is 0 Å². The molecule has 0 aliphatic heterocycles. The van der Waals surface area contributed by atoms with Crippen LogP contribution in [0.1, 0.15) is 43.2 Å². The third kappa shape index (κ3) is 3.71. The highest BCUT2D eigenvalue weighted by Crippen LogP contribution is 2.30. The summed E-state index contributed by atoms with van der Waals surface area (Å²) >= 11 is 0. The minimum Gasteiger partial charge on any atom is -0.316 e. The first-order chi connectivity index (χ1) is 9.86. The molecule has 0 fully saturated rings. The van der Waals surface area contributed by atoms with Gasteiger partial charge in [-0.3, -0.25) is 0 Å². The largest absolute Gasteiger partial charge is 0.316 e. The Balaban J connectivity index is 2.33. The Morgan fingerprint density at radius 1 is 0.850 bits per heavy atom. The van der Waals surface area contributed by atoms with Gasteiger partial charge < -0.3 is 5.32 Å². The average molecular weight is 267 g/mol. The Labute approximate surface area is 123 Å². The maximum atomic E-state index is 3.53. The van der Waals surface area contributed by atoms with Crippen molar-refractivity contribution in [3.05, 3.63) is 71.8 Å². The van der Waals surface area contributed by atoms with Gasteiger partial charge in [0.15, 0.2) is 0 Å². The van der Waals surface area contributed by atoms with Gasteiger partial charge in [0.25, 0.3) is 0 Å². The van der Waals surface area contributed by atoms with Gasteiger partial charge in [-0.05, 0) is 24.6 Å². The second-order valence-electron chi connectivity index (χ2n) is 5.34. The number of hydrogen-bond acceptors (Lipinski definition) is 1. The van der Waals surface area contributed by atoms with Crippen LogP contribution in [-0.2, 0) is 0 Å². The van der Waals surface area contributed by atoms with Crippen LogP contribution in [0.25, 0.3) is 0 Å². The second-order valence-corrected chi connectivity index (χ2v) is 5.34. The molecule has 0 heterocycles. The molecule has 1 N–H and O–H groups in total. The van der Waals surface area contributed by atoms with E-state index in [1.165, 1.54) is 30.4 Å². The first kappa shape index (κ1) is 14.8. The van der Waals surface area contributed by atoms with E-state index in [1.54, 1.807) is 0 Å². The van der Waals surface area contributed by atoms with Gasteiger partial charge in [0.2, 0.25) is 0 Å². The number of unbranched alkanes of at least 4 members (excludes halogenated alkanes) is 1. The molecule has 0 radical (unpaired) electrons. The SMILES string of the molecule is CCCCC(NC)C(c1ccccc1)c1ccccc1. The number of likely N-dealkylation sites (N-methyl/N-ethyl adjacent to an activating group) is 1. The normalized spacial score (nSPS) is 12.6. The molecule has 0 bridgehead atoms. The zero-order chi connectivity index (χ0) is 14.2. The highest BCUT2D eigenvalue weighted by atomic mass is 14.9. The third-order valence-electron chi connectivity index (χ3n) is 3.96. The topological polar surface area (TPSA) is 12.0 Å². The van der Waals surface area contributed by atoms with Gasteiger partial charge in [0, 0.05) is 12.0 Å². The van der Waals surface area contributed by atoms with E-state index in [1.807, 2.05) is 0 Å². The van der Waals surface area contributed by atoms with Crippen molar-refractivity contribution < 1.29 is 0 Å². The maximum Gasteiger partial charge on any atom is 0.0243 e. The van der Waals surface area contributed by atoms with E-state index in [0.717, 1.165) is 0 Å². The summed E-state index contributed by atoms with van der Waals surface area (Å²) in [5.74, 6) is 0.425. The fourth-order valence-corrected chi connectivity index (χ4v) is 2.88. The minimum absolute atomic E-state index is 0.425. The molecule has 0 amide bonds. The molecule has 1 atom stereocenters. The molecule has 0 aromatic heterocycles. The zero-order valence-electron chi connectivity index (χ0n) is 12.5. The van der Waals surface area contributed by atoms with Crippen molar-refractivity contribution in [2.75, 3.05) is 7.05 Å². The summed E-state index contributed by atoms with van der Waals surface area (Å²) < 4.78 is 0. The zero-order valence-corrected chi connectivity index (χ0v) is 12.5. The molecule has 0 saturated heterocycles. The van der Waals surface area contributed by atoms with Crippen molar-refractivity contribution in [1.29, 1.82) is 0 Å². The molecule has 0 spiro atoms. The van der Waals surface area contributed by atoms with Crippen LogP contribution in [0, 0.1) is 0 Å². The van der Waals surface area contributed by atoms with Crippen molar-refractivity contribution in [2.45, 2.75) is 38.1 Å². The Morgan fingerprint density at radius 3 is 1.75 bits per heavy atom. The molecule has 0 aliphatic carbocycles. The Hall–Kier alpha value is -1.60. The van der Waals surface area contributed by atoms with E-state index in [9.17, 15) is 0 Å². The quantitative estimate of drug-likeness (QED) is 0.773. The number of nitrogens with one attached hydrogen (secondary N) is 1. The Bertz CT molecular complexity index is 438. The summed E-state index contributed by atoms with van der Waals surface area (Å²) in [4.78, 5) is 0. The highest BCUT2D eigenvalue weighted by Gasteiger charge is 2.22. The monoisotopic (exact) mass is 267 g/mol. The number of benzene rings is 2. The summed E-state index contributed by atoms with van der Waals surface area (Å²) in [7, 11) is 2.08. The molecule has 2 aromatic carbocycles. The first-order valence-electron chi connectivity index (χ1n) is 7.64.